The number of ether oxygens (including phenoxy) is 2. The van der Waals surface area contributed by atoms with Crippen LogP contribution >= 0.6 is 0 Å². The van der Waals surface area contributed by atoms with Crippen molar-refractivity contribution in [1.82, 2.24) is 4.90 Å². The van der Waals surface area contributed by atoms with Crippen LogP contribution in [0.25, 0.3) is 0 Å². The van der Waals surface area contributed by atoms with Gasteiger partial charge in [-0.15, -0.1) is 0 Å². The molecule has 0 amide bonds. The first-order valence-corrected chi connectivity index (χ1v) is 7.29. The van der Waals surface area contributed by atoms with Crippen molar-refractivity contribution in [2.45, 2.75) is 25.9 Å². The molecule has 5 nitrogen and oxygen atoms in total. The summed E-state index contributed by atoms with van der Waals surface area (Å²) in [6.45, 7) is 5.44. The highest BCUT2D eigenvalue weighted by Gasteiger charge is 2.38. The number of nitrogens with zero attached hydrogens (tertiary/aromatic N) is 1. The SMILES string of the molecule is CCOc1ccc(C(C)N(C)C2COCC2C(=O)O)cc1. The summed E-state index contributed by atoms with van der Waals surface area (Å²) in [7, 11) is 1.95. The maximum absolute atomic E-state index is 11.3. The normalized spacial score (nSPS) is 23.2. The highest BCUT2D eigenvalue weighted by atomic mass is 16.5. The number of hydrogen-bond donors (Lipinski definition) is 1. The lowest BCUT2D eigenvalue weighted by Gasteiger charge is -2.32. The fourth-order valence-corrected chi connectivity index (χ4v) is 2.71. The molecule has 0 radical (unpaired) electrons. The number of carboxylic acids is 1. The van der Waals surface area contributed by atoms with E-state index in [4.69, 9.17) is 9.47 Å². The summed E-state index contributed by atoms with van der Waals surface area (Å²) in [6.07, 6.45) is 0. The summed E-state index contributed by atoms with van der Waals surface area (Å²) in [5, 5.41) is 9.26. The molecule has 1 heterocycles. The van der Waals surface area contributed by atoms with Gasteiger partial charge in [0.25, 0.3) is 0 Å². The monoisotopic (exact) mass is 293 g/mol. The van der Waals surface area contributed by atoms with Gasteiger partial charge in [0.2, 0.25) is 0 Å². The minimum Gasteiger partial charge on any atom is -0.494 e. The maximum atomic E-state index is 11.3. The van der Waals surface area contributed by atoms with Gasteiger partial charge >= 0.3 is 5.97 Å². The largest absolute Gasteiger partial charge is 0.494 e. The number of aliphatic carboxylic acids is 1. The molecule has 21 heavy (non-hydrogen) atoms. The Kier molecular flexibility index (Phi) is 5.20. The van der Waals surface area contributed by atoms with E-state index in [1.54, 1.807) is 0 Å². The second-order valence-corrected chi connectivity index (χ2v) is 5.39. The summed E-state index contributed by atoms with van der Waals surface area (Å²) >= 11 is 0. The van der Waals surface area contributed by atoms with Gasteiger partial charge in [0, 0.05) is 12.1 Å². The average Bonchev–Trinajstić information content (AvgIpc) is 2.96. The first-order valence-electron chi connectivity index (χ1n) is 7.29. The predicted molar refractivity (Wildman–Crippen MR) is 79.5 cm³/mol. The van der Waals surface area contributed by atoms with Gasteiger partial charge in [-0.05, 0) is 38.6 Å². The molecule has 1 fully saturated rings. The lowest BCUT2D eigenvalue weighted by molar-refractivity contribution is -0.143. The van der Waals surface area contributed by atoms with Gasteiger partial charge in [0.1, 0.15) is 5.75 Å². The van der Waals surface area contributed by atoms with Crippen LogP contribution in [0.4, 0.5) is 0 Å². The van der Waals surface area contributed by atoms with E-state index in [1.165, 1.54) is 0 Å². The van der Waals surface area contributed by atoms with Crippen molar-refractivity contribution < 1.29 is 19.4 Å². The molecule has 5 heteroatoms. The molecular weight excluding hydrogens is 270 g/mol. The van der Waals surface area contributed by atoms with Crippen LogP contribution in [-0.2, 0) is 9.53 Å². The molecule has 2 rings (SSSR count). The van der Waals surface area contributed by atoms with E-state index < -0.39 is 11.9 Å². The van der Waals surface area contributed by atoms with Gasteiger partial charge in [-0.25, -0.2) is 0 Å². The minimum atomic E-state index is -0.789. The van der Waals surface area contributed by atoms with Crippen molar-refractivity contribution in [3.8, 4) is 5.75 Å². The van der Waals surface area contributed by atoms with Crippen molar-refractivity contribution >= 4 is 5.97 Å². The molecule has 1 aromatic carbocycles. The quantitative estimate of drug-likeness (QED) is 0.871. The standard InChI is InChI=1S/C16H23NO4/c1-4-21-13-7-5-12(6-8-13)11(2)17(3)15-10-20-9-14(15)16(18)19/h5-8,11,14-15H,4,9-10H2,1-3H3,(H,18,19). The lowest BCUT2D eigenvalue weighted by atomic mass is 9.99. The number of carbonyl (C=O) groups is 1. The average molecular weight is 293 g/mol. The fraction of sp³-hybridized carbons (Fsp3) is 0.562. The molecule has 0 bridgehead atoms. The summed E-state index contributed by atoms with van der Waals surface area (Å²) in [5.41, 5.74) is 1.14. The van der Waals surface area contributed by atoms with Crippen LogP contribution in [0.15, 0.2) is 24.3 Å². The second kappa shape index (κ2) is 6.91. The van der Waals surface area contributed by atoms with Crippen LogP contribution in [-0.4, -0.2) is 48.9 Å². The van der Waals surface area contributed by atoms with Crippen LogP contribution in [0.3, 0.4) is 0 Å². The summed E-state index contributed by atoms with van der Waals surface area (Å²) in [5.74, 6) is -0.396. The van der Waals surface area contributed by atoms with Crippen LogP contribution in [0.2, 0.25) is 0 Å². The van der Waals surface area contributed by atoms with Gasteiger partial charge in [-0.2, -0.15) is 0 Å². The molecule has 116 valence electrons. The van der Waals surface area contributed by atoms with Gasteiger partial charge in [0.15, 0.2) is 0 Å². The molecule has 0 aromatic heterocycles. The Morgan fingerprint density at radius 1 is 1.43 bits per heavy atom. The van der Waals surface area contributed by atoms with Crippen molar-refractivity contribution in [3.63, 3.8) is 0 Å². The third-order valence-electron chi connectivity index (χ3n) is 4.18. The molecular formula is C16H23NO4. The van der Waals surface area contributed by atoms with Crippen molar-refractivity contribution in [3.05, 3.63) is 29.8 Å². The first kappa shape index (κ1) is 15.8. The van der Waals surface area contributed by atoms with E-state index in [2.05, 4.69) is 11.8 Å². The number of hydrogen-bond acceptors (Lipinski definition) is 4. The predicted octanol–water partition coefficient (Wildman–Crippen LogP) is 2.18. The van der Waals surface area contributed by atoms with E-state index in [0.29, 0.717) is 19.8 Å². The Hall–Kier alpha value is -1.59. The molecule has 1 saturated heterocycles. The second-order valence-electron chi connectivity index (χ2n) is 5.39. The summed E-state index contributed by atoms with van der Waals surface area (Å²) in [6, 6.07) is 7.97. The third-order valence-corrected chi connectivity index (χ3v) is 4.18. The zero-order chi connectivity index (χ0) is 15.4. The smallest absolute Gasteiger partial charge is 0.310 e. The van der Waals surface area contributed by atoms with Crippen molar-refractivity contribution in [2.75, 3.05) is 26.9 Å². The number of rotatable bonds is 6. The van der Waals surface area contributed by atoms with E-state index >= 15 is 0 Å². The molecule has 0 spiro atoms. The zero-order valence-corrected chi connectivity index (χ0v) is 12.8. The van der Waals surface area contributed by atoms with Crippen LogP contribution in [0.1, 0.15) is 25.5 Å². The molecule has 1 aromatic rings. The van der Waals surface area contributed by atoms with Crippen LogP contribution in [0, 0.1) is 5.92 Å². The number of benzene rings is 1. The van der Waals surface area contributed by atoms with Gasteiger partial charge in [0.05, 0.1) is 25.7 Å². The van der Waals surface area contributed by atoms with Crippen molar-refractivity contribution in [2.24, 2.45) is 5.92 Å². The van der Waals surface area contributed by atoms with Crippen LogP contribution in [0.5, 0.6) is 5.75 Å². The Labute approximate surface area is 125 Å². The Morgan fingerprint density at radius 3 is 2.67 bits per heavy atom. The topological polar surface area (TPSA) is 59.0 Å². The highest BCUT2D eigenvalue weighted by Crippen LogP contribution is 2.28. The van der Waals surface area contributed by atoms with E-state index in [1.807, 2.05) is 38.2 Å². The molecule has 0 saturated carbocycles. The Morgan fingerprint density at radius 2 is 2.10 bits per heavy atom. The Balaban J connectivity index is 2.07. The Bertz CT molecular complexity index is 474. The molecule has 1 aliphatic heterocycles. The van der Waals surface area contributed by atoms with Crippen LogP contribution < -0.4 is 4.74 Å². The van der Waals surface area contributed by atoms with E-state index in [9.17, 15) is 9.90 Å². The zero-order valence-electron chi connectivity index (χ0n) is 12.8. The fourth-order valence-electron chi connectivity index (χ4n) is 2.71. The van der Waals surface area contributed by atoms with E-state index in [-0.39, 0.29) is 12.1 Å². The molecule has 3 atom stereocenters. The lowest BCUT2D eigenvalue weighted by Crippen LogP contribution is -2.42. The van der Waals surface area contributed by atoms with Gasteiger partial charge in [-0.3, -0.25) is 9.69 Å². The van der Waals surface area contributed by atoms with Crippen molar-refractivity contribution in [1.29, 1.82) is 0 Å². The van der Waals surface area contributed by atoms with Gasteiger partial charge < -0.3 is 14.6 Å². The third kappa shape index (κ3) is 3.54. The van der Waals surface area contributed by atoms with E-state index in [0.717, 1.165) is 11.3 Å². The number of likely N-dealkylation sites (N-methyl/N-ethyl adjacent to an activating group) is 1. The first-order chi connectivity index (χ1) is 10.0. The summed E-state index contributed by atoms with van der Waals surface area (Å²) < 4.78 is 10.8. The minimum absolute atomic E-state index is 0.0935. The molecule has 3 unspecified atom stereocenters. The highest BCUT2D eigenvalue weighted by molar-refractivity contribution is 5.71. The molecule has 1 aliphatic rings. The number of carboxylic acid groups (broad SMARTS) is 1. The summed E-state index contributed by atoms with van der Waals surface area (Å²) in [4.78, 5) is 13.4. The maximum Gasteiger partial charge on any atom is 0.310 e. The molecule has 0 aliphatic carbocycles. The van der Waals surface area contributed by atoms with Gasteiger partial charge in [-0.1, -0.05) is 12.1 Å². The molecule has 1 N–H and O–H groups in total.